The number of nitrogens with two attached hydrogens (primary N) is 3. The Bertz CT molecular complexity index is 460. The first-order valence-electron chi connectivity index (χ1n) is 6.74. The highest BCUT2D eigenvalue weighted by Crippen LogP contribution is 2.68. The fourth-order valence-corrected chi connectivity index (χ4v) is 5.42. The summed E-state index contributed by atoms with van der Waals surface area (Å²) in [6.07, 6.45) is 3.50. The van der Waals surface area contributed by atoms with Crippen LogP contribution in [0.4, 0.5) is 0 Å². The van der Waals surface area contributed by atoms with E-state index in [1.807, 2.05) is 0 Å². The van der Waals surface area contributed by atoms with Crippen molar-refractivity contribution in [3.8, 4) is 0 Å². The molecule has 0 radical (unpaired) electrons. The highest BCUT2D eigenvalue weighted by atomic mass is 16.2. The van der Waals surface area contributed by atoms with E-state index in [0.29, 0.717) is 24.7 Å². The highest BCUT2D eigenvalue weighted by Gasteiger charge is 2.73. The molecule has 0 saturated heterocycles. The molecule has 0 aromatic carbocycles. The summed E-state index contributed by atoms with van der Waals surface area (Å²) >= 11 is 0. The van der Waals surface area contributed by atoms with Gasteiger partial charge in [-0.3, -0.25) is 14.4 Å². The van der Waals surface area contributed by atoms with Crippen molar-refractivity contribution in [1.82, 2.24) is 0 Å². The molecule has 19 heavy (non-hydrogen) atoms. The van der Waals surface area contributed by atoms with Crippen molar-refractivity contribution in [2.45, 2.75) is 32.1 Å². The van der Waals surface area contributed by atoms with Crippen molar-refractivity contribution in [1.29, 1.82) is 0 Å². The molecule has 104 valence electrons. The van der Waals surface area contributed by atoms with Crippen LogP contribution in [-0.2, 0) is 14.4 Å². The second kappa shape index (κ2) is 3.49. The second-order valence-corrected chi connectivity index (χ2v) is 6.53. The highest BCUT2D eigenvalue weighted by molar-refractivity contribution is 6.10. The van der Waals surface area contributed by atoms with E-state index in [9.17, 15) is 14.4 Å². The maximum Gasteiger partial charge on any atom is 0.234 e. The number of amides is 3. The molecule has 4 bridgehead atoms. The molecule has 4 aliphatic rings. The third-order valence-corrected chi connectivity index (χ3v) is 5.79. The lowest BCUT2D eigenvalue weighted by Gasteiger charge is -2.63. The number of rotatable bonds is 3. The summed E-state index contributed by atoms with van der Waals surface area (Å²) in [7, 11) is 0. The van der Waals surface area contributed by atoms with Crippen LogP contribution in [0, 0.1) is 28.6 Å². The average molecular weight is 265 g/mol. The molecule has 4 rings (SSSR count). The van der Waals surface area contributed by atoms with Gasteiger partial charge < -0.3 is 17.2 Å². The van der Waals surface area contributed by atoms with Crippen molar-refractivity contribution in [2.75, 3.05) is 0 Å². The molecule has 4 aliphatic carbocycles. The molecule has 2 atom stereocenters. The third kappa shape index (κ3) is 1.19. The molecule has 4 saturated carbocycles. The van der Waals surface area contributed by atoms with Gasteiger partial charge in [-0.15, -0.1) is 0 Å². The van der Waals surface area contributed by atoms with Gasteiger partial charge in [-0.2, -0.15) is 0 Å². The van der Waals surface area contributed by atoms with E-state index in [1.165, 1.54) is 0 Å². The summed E-state index contributed by atoms with van der Waals surface area (Å²) in [6.45, 7) is 0. The predicted octanol–water partition coefficient (Wildman–Crippen LogP) is -0.745. The fourth-order valence-electron chi connectivity index (χ4n) is 5.42. The minimum absolute atomic E-state index is 0.221. The van der Waals surface area contributed by atoms with Crippen molar-refractivity contribution in [3.63, 3.8) is 0 Å². The van der Waals surface area contributed by atoms with E-state index in [1.54, 1.807) is 0 Å². The molecule has 6 heteroatoms. The Labute approximate surface area is 111 Å². The summed E-state index contributed by atoms with van der Waals surface area (Å²) < 4.78 is 0. The molecular formula is C13H19N3O3. The van der Waals surface area contributed by atoms with Gasteiger partial charge in [-0.05, 0) is 49.9 Å². The van der Waals surface area contributed by atoms with Crippen LogP contribution >= 0.6 is 0 Å². The lowest BCUT2D eigenvalue weighted by molar-refractivity contribution is -0.195. The Kier molecular flexibility index (Phi) is 2.29. The van der Waals surface area contributed by atoms with Crippen molar-refractivity contribution in [2.24, 2.45) is 45.8 Å². The van der Waals surface area contributed by atoms with Crippen LogP contribution < -0.4 is 17.2 Å². The van der Waals surface area contributed by atoms with Crippen LogP contribution in [0.2, 0.25) is 0 Å². The van der Waals surface area contributed by atoms with Crippen LogP contribution in [0.3, 0.4) is 0 Å². The first-order valence-corrected chi connectivity index (χ1v) is 6.74. The first kappa shape index (κ1) is 12.4. The second-order valence-electron chi connectivity index (χ2n) is 6.53. The van der Waals surface area contributed by atoms with E-state index < -0.39 is 28.6 Å². The van der Waals surface area contributed by atoms with Crippen LogP contribution in [0.1, 0.15) is 32.1 Å². The molecule has 4 fully saturated rings. The summed E-state index contributed by atoms with van der Waals surface area (Å²) in [5.74, 6) is -1.65. The normalized spacial score (nSPS) is 42.0. The fraction of sp³-hybridized carbons (Fsp3) is 0.769. The van der Waals surface area contributed by atoms with Crippen molar-refractivity contribution < 1.29 is 14.4 Å². The van der Waals surface area contributed by atoms with Gasteiger partial charge in [0.05, 0.1) is 5.41 Å². The van der Waals surface area contributed by atoms with Gasteiger partial charge in [0.1, 0.15) is 5.41 Å². The summed E-state index contributed by atoms with van der Waals surface area (Å²) in [4.78, 5) is 36.2. The van der Waals surface area contributed by atoms with Crippen molar-refractivity contribution >= 4 is 17.7 Å². The smallest absolute Gasteiger partial charge is 0.234 e. The number of carbonyl (C=O) groups is 3. The number of carbonyl (C=O) groups excluding carboxylic acids is 3. The Morgan fingerprint density at radius 1 is 0.789 bits per heavy atom. The molecule has 0 heterocycles. The Morgan fingerprint density at radius 2 is 1.26 bits per heavy atom. The standard InChI is InChI=1S/C13H19N3O3/c14-9(17)12-4-6-1-7(5-12)3-8(2-6)13(12,10(15)18)11(16)19/h6-8H,1-5H2,(H2,14,17)(H2,15,18)(H2,16,19). The van der Waals surface area contributed by atoms with Crippen LogP contribution in [0.5, 0.6) is 0 Å². The zero-order chi connectivity index (χ0) is 14.0. The zero-order valence-corrected chi connectivity index (χ0v) is 10.7. The molecule has 0 aliphatic heterocycles. The topological polar surface area (TPSA) is 129 Å². The molecule has 0 spiro atoms. The lowest BCUT2D eigenvalue weighted by atomic mass is 9.38. The van der Waals surface area contributed by atoms with Gasteiger partial charge in [-0.1, -0.05) is 0 Å². The maximum atomic E-state index is 12.1. The van der Waals surface area contributed by atoms with Crippen LogP contribution in [0.25, 0.3) is 0 Å². The van der Waals surface area contributed by atoms with Gasteiger partial charge in [-0.25, -0.2) is 0 Å². The predicted molar refractivity (Wildman–Crippen MR) is 66.0 cm³/mol. The third-order valence-electron chi connectivity index (χ3n) is 5.79. The molecular weight excluding hydrogens is 246 g/mol. The van der Waals surface area contributed by atoms with E-state index in [0.717, 1.165) is 19.3 Å². The number of hydrogen-bond acceptors (Lipinski definition) is 3. The van der Waals surface area contributed by atoms with Gasteiger partial charge in [0.15, 0.2) is 0 Å². The molecule has 0 aromatic rings. The van der Waals surface area contributed by atoms with Gasteiger partial charge in [0, 0.05) is 0 Å². The summed E-state index contributed by atoms with van der Waals surface area (Å²) in [5, 5.41) is 0. The maximum absolute atomic E-state index is 12.1. The Hall–Kier alpha value is -1.59. The minimum atomic E-state index is -1.58. The summed E-state index contributed by atoms with van der Waals surface area (Å²) in [5.41, 5.74) is 13.9. The van der Waals surface area contributed by atoms with E-state index >= 15 is 0 Å². The lowest BCUT2D eigenvalue weighted by Crippen LogP contribution is -2.72. The average Bonchev–Trinajstić information content (AvgIpc) is 2.26. The zero-order valence-electron chi connectivity index (χ0n) is 10.7. The molecule has 6 nitrogen and oxygen atoms in total. The van der Waals surface area contributed by atoms with E-state index in [-0.39, 0.29) is 5.92 Å². The van der Waals surface area contributed by atoms with E-state index in [2.05, 4.69) is 0 Å². The molecule has 0 aromatic heterocycles. The van der Waals surface area contributed by atoms with Crippen LogP contribution in [0.15, 0.2) is 0 Å². The van der Waals surface area contributed by atoms with Crippen molar-refractivity contribution in [3.05, 3.63) is 0 Å². The minimum Gasteiger partial charge on any atom is -0.369 e. The largest absolute Gasteiger partial charge is 0.369 e. The van der Waals surface area contributed by atoms with E-state index in [4.69, 9.17) is 17.2 Å². The quantitative estimate of drug-likeness (QED) is 0.581. The molecule has 2 unspecified atom stereocenters. The SMILES string of the molecule is NC(=O)C12CC3CC(CC(C3)C1(C(N)=O)C(N)=O)C2. The van der Waals surface area contributed by atoms with Crippen LogP contribution in [-0.4, -0.2) is 17.7 Å². The van der Waals surface area contributed by atoms with Gasteiger partial charge >= 0.3 is 0 Å². The summed E-state index contributed by atoms with van der Waals surface area (Å²) in [6, 6.07) is 0. The number of primary amides is 3. The molecule has 6 N–H and O–H groups in total. The monoisotopic (exact) mass is 265 g/mol. The number of hydrogen-bond donors (Lipinski definition) is 3. The Balaban J connectivity index is 2.23. The van der Waals surface area contributed by atoms with Gasteiger partial charge in [0.25, 0.3) is 0 Å². The van der Waals surface area contributed by atoms with Gasteiger partial charge in [0.2, 0.25) is 17.7 Å². The first-order chi connectivity index (χ1) is 8.84. The molecule has 3 amide bonds. The Morgan fingerprint density at radius 3 is 1.63 bits per heavy atom.